The second-order valence-electron chi connectivity index (χ2n) is 6.91. The first kappa shape index (κ1) is 21.1. The van der Waals surface area contributed by atoms with E-state index in [1.165, 1.54) is 11.9 Å². The van der Waals surface area contributed by atoms with Crippen LogP contribution in [0.5, 0.6) is 5.75 Å². The van der Waals surface area contributed by atoms with Gasteiger partial charge in [0.1, 0.15) is 11.8 Å². The lowest BCUT2D eigenvalue weighted by atomic mass is 9.98. The molecule has 2 aromatic rings. The molecule has 0 saturated heterocycles. The van der Waals surface area contributed by atoms with Gasteiger partial charge in [-0.05, 0) is 30.2 Å². The minimum atomic E-state index is -0.839. The summed E-state index contributed by atoms with van der Waals surface area (Å²) in [6.07, 6.45) is -0.422. The molecule has 0 radical (unpaired) electrons. The summed E-state index contributed by atoms with van der Waals surface area (Å²) in [4.78, 5) is 24.8. The number of esters is 1. The number of nitriles is 1. The summed E-state index contributed by atoms with van der Waals surface area (Å²) in [5, 5.41) is 14.8. The summed E-state index contributed by atoms with van der Waals surface area (Å²) >= 11 is 0. The van der Waals surface area contributed by atoms with Crippen molar-refractivity contribution in [2.75, 3.05) is 7.11 Å². The van der Waals surface area contributed by atoms with Gasteiger partial charge in [0.25, 0.3) is 0 Å². The smallest absolute Gasteiger partial charge is 0.307 e. The number of amides is 1. The van der Waals surface area contributed by atoms with Crippen LogP contribution in [-0.4, -0.2) is 35.8 Å². The highest BCUT2D eigenvalue weighted by molar-refractivity contribution is 6.03. The van der Waals surface area contributed by atoms with Crippen LogP contribution >= 0.6 is 0 Å². The maximum Gasteiger partial charge on any atom is 0.307 e. The van der Waals surface area contributed by atoms with Crippen molar-refractivity contribution in [3.63, 3.8) is 0 Å². The normalized spacial score (nSPS) is 16.4. The first-order valence-corrected chi connectivity index (χ1v) is 9.70. The summed E-state index contributed by atoms with van der Waals surface area (Å²) in [5.74, 6) is -0.124. The minimum Gasteiger partial charge on any atom is -0.497 e. The Morgan fingerprint density at radius 2 is 1.87 bits per heavy atom. The predicted molar refractivity (Wildman–Crippen MR) is 111 cm³/mol. The average Bonchev–Trinajstić information content (AvgIpc) is 3.23. The fourth-order valence-electron chi connectivity index (χ4n) is 3.24. The lowest BCUT2D eigenvalue weighted by Crippen LogP contribution is -2.27. The second kappa shape index (κ2) is 9.70. The van der Waals surface area contributed by atoms with Gasteiger partial charge < -0.3 is 9.47 Å². The van der Waals surface area contributed by atoms with Gasteiger partial charge in [0.05, 0.1) is 25.3 Å². The molecule has 154 valence electrons. The van der Waals surface area contributed by atoms with E-state index in [9.17, 15) is 9.59 Å². The molecular weight excluding hydrogens is 382 g/mol. The van der Waals surface area contributed by atoms with Gasteiger partial charge in [-0.2, -0.15) is 10.4 Å². The van der Waals surface area contributed by atoms with Crippen molar-refractivity contribution in [1.29, 1.82) is 5.26 Å². The zero-order valence-electron chi connectivity index (χ0n) is 16.9. The summed E-state index contributed by atoms with van der Waals surface area (Å²) in [6, 6.07) is 18.8. The number of hydrogen-bond acceptors (Lipinski definition) is 6. The number of rotatable bonds is 7. The Morgan fingerprint density at radius 3 is 2.50 bits per heavy atom. The lowest BCUT2D eigenvalue weighted by Gasteiger charge is -2.22. The van der Waals surface area contributed by atoms with Crippen LogP contribution in [0.3, 0.4) is 0 Å². The number of benzene rings is 2. The van der Waals surface area contributed by atoms with Gasteiger partial charge in [-0.25, -0.2) is 5.01 Å². The van der Waals surface area contributed by atoms with Crippen LogP contribution in [-0.2, 0) is 14.3 Å². The van der Waals surface area contributed by atoms with Gasteiger partial charge in [0.2, 0.25) is 5.91 Å². The molecule has 2 atom stereocenters. The molecule has 0 saturated carbocycles. The Morgan fingerprint density at radius 1 is 1.17 bits per heavy atom. The monoisotopic (exact) mass is 405 g/mol. The standard InChI is InChI=1S/C23H23N3O4/c1-16(15-24)30-23(28)13-12-22(27)26-21(18-8-10-19(29-2)11-9-18)14-20(25-26)17-6-4-3-5-7-17/h3-11,16,21H,12-14H2,1-2H3/t16-,21-/m0/s1. The van der Waals surface area contributed by atoms with E-state index in [2.05, 4.69) is 5.10 Å². The molecule has 1 aliphatic heterocycles. The highest BCUT2D eigenvalue weighted by Gasteiger charge is 2.33. The second-order valence-corrected chi connectivity index (χ2v) is 6.91. The van der Waals surface area contributed by atoms with Gasteiger partial charge in [-0.15, -0.1) is 0 Å². The molecule has 30 heavy (non-hydrogen) atoms. The van der Waals surface area contributed by atoms with Crippen molar-refractivity contribution in [1.82, 2.24) is 5.01 Å². The summed E-state index contributed by atoms with van der Waals surface area (Å²) in [7, 11) is 1.60. The minimum absolute atomic E-state index is 0.0464. The molecule has 0 bridgehead atoms. The Bertz CT molecular complexity index is 964. The van der Waals surface area contributed by atoms with E-state index in [-0.39, 0.29) is 24.8 Å². The van der Waals surface area contributed by atoms with Gasteiger partial charge in [0.15, 0.2) is 6.10 Å². The molecule has 0 aliphatic carbocycles. The van der Waals surface area contributed by atoms with Gasteiger partial charge >= 0.3 is 5.97 Å². The molecule has 7 nitrogen and oxygen atoms in total. The van der Waals surface area contributed by atoms with Crippen LogP contribution < -0.4 is 4.74 Å². The Kier molecular flexibility index (Phi) is 6.81. The van der Waals surface area contributed by atoms with E-state index in [4.69, 9.17) is 14.7 Å². The van der Waals surface area contributed by atoms with Crippen LogP contribution in [0.15, 0.2) is 59.7 Å². The third-order valence-corrected chi connectivity index (χ3v) is 4.81. The summed E-state index contributed by atoms with van der Waals surface area (Å²) in [5.41, 5.74) is 2.69. The first-order valence-electron chi connectivity index (χ1n) is 9.70. The van der Waals surface area contributed by atoms with E-state index in [1.54, 1.807) is 7.11 Å². The third kappa shape index (κ3) is 5.03. The summed E-state index contributed by atoms with van der Waals surface area (Å²) in [6.45, 7) is 1.48. The van der Waals surface area contributed by atoms with Crippen molar-refractivity contribution < 1.29 is 19.1 Å². The quantitative estimate of drug-likeness (QED) is 0.656. The van der Waals surface area contributed by atoms with E-state index in [0.29, 0.717) is 6.42 Å². The zero-order valence-corrected chi connectivity index (χ0v) is 16.9. The van der Waals surface area contributed by atoms with Crippen molar-refractivity contribution in [2.45, 2.75) is 38.3 Å². The molecule has 1 heterocycles. The molecule has 3 rings (SSSR count). The first-order chi connectivity index (χ1) is 14.5. The maximum absolute atomic E-state index is 12.9. The molecular formula is C23H23N3O4. The molecule has 7 heteroatoms. The van der Waals surface area contributed by atoms with E-state index in [0.717, 1.165) is 22.6 Å². The molecule has 2 aromatic carbocycles. The van der Waals surface area contributed by atoms with Crippen LogP contribution in [0, 0.1) is 11.3 Å². The number of hydrogen-bond donors (Lipinski definition) is 0. The van der Waals surface area contributed by atoms with Gasteiger partial charge in [-0.3, -0.25) is 9.59 Å². The lowest BCUT2D eigenvalue weighted by molar-refractivity contribution is -0.148. The highest BCUT2D eigenvalue weighted by atomic mass is 16.5. The molecule has 1 aliphatic rings. The number of nitrogens with zero attached hydrogens (tertiary/aromatic N) is 3. The van der Waals surface area contributed by atoms with Gasteiger partial charge in [-0.1, -0.05) is 42.5 Å². The fourth-order valence-corrected chi connectivity index (χ4v) is 3.24. The highest BCUT2D eigenvalue weighted by Crippen LogP contribution is 2.34. The SMILES string of the molecule is COc1ccc([C@@H]2CC(c3ccccc3)=NN2C(=O)CCC(=O)O[C@@H](C)C#N)cc1. The number of carbonyl (C=O) groups excluding carboxylic acids is 2. The Hall–Kier alpha value is -3.66. The van der Waals surface area contributed by atoms with Crippen LogP contribution in [0.2, 0.25) is 0 Å². The molecule has 1 amide bonds. The molecule has 0 N–H and O–H groups in total. The van der Waals surface area contributed by atoms with E-state index in [1.807, 2.05) is 60.7 Å². The Balaban J connectivity index is 1.78. The van der Waals surface area contributed by atoms with Crippen LogP contribution in [0.25, 0.3) is 0 Å². The van der Waals surface area contributed by atoms with Crippen molar-refractivity contribution in [3.8, 4) is 11.8 Å². The number of ether oxygens (including phenoxy) is 2. The van der Waals surface area contributed by atoms with Crippen molar-refractivity contribution in [3.05, 3.63) is 65.7 Å². The molecule has 0 spiro atoms. The largest absolute Gasteiger partial charge is 0.497 e. The molecule has 0 fully saturated rings. The van der Waals surface area contributed by atoms with Crippen LogP contribution in [0.1, 0.15) is 43.4 Å². The zero-order chi connectivity index (χ0) is 21.5. The topological polar surface area (TPSA) is 92.0 Å². The Labute approximate surface area is 175 Å². The average molecular weight is 405 g/mol. The predicted octanol–water partition coefficient (Wildman–Crippen LogP) is 3.61. The molecule has 0 unspecified atom stereocenters. The number of carbonyl (C=O) groups is 2. The summed E-state index contributed by atoms with van der Waals surface area (Å²) < 4.78 is 10.1. The number of hydrazone groups is 1. The number of methoxy groups -OCH3 is 1. The third-order valence-electron chi connectivity index (χ3n) is 4.81. The van der Waals surface area contributed by atoms with Gasteiger partial charge in [0, 0.05) is 12.8 Å². The fraction of sp³-hybridized carbons (Fsp3) is 0.304. The van der Waals surface area contributed by atoms with Crippen molar-refractivity contribution >= 4 is 17.6 Å². The van der Waals surface area contributed by atoms with E-state index >= 15 is 0 Å². The van der Waals surface area contributed by atoms with Crippen LogP contribution in [0.4, 0.5) is 0 Å². The van der Waals surface area contributed by atoms with Crippen molar-refractivity contribution in [2.24, 2.45) is 5.10 Å². The van der Waals surface area contributed by atoms with E-state index < -0.39 is 12.1 Å². The molecule has 0 aromatic heterocycles. The maximum atomic E-state index is 12.9.